The first-order valence-corrected chi connectivity index (χ1v) is 6.45. The number of nitrogens with zero attached hydrogens (tertiary/aromatic N) is 1. The van der Waals surface area contributed by atoms with E-state index in [1.807, 2.05) is 17.6 Å². The molecule has 1 aromatic heterocycles. The monoisotopic (exact) mass is 277 g/mol. The fraction of sp³-hybridized carbons (Fsp3) is 0.286. The molecule has 0 aliphatic heterocycles. The van der Waals surface area contributed by atoms with Crippen molar-refractivity contribution in [1.29, 1.82) is 0 Å². The van der Waals surface area contributed by atoms with Crippen molar-refractivity contribution in [1.82, 2.24) is 4.57 Å². The summed E-state index contributed by atoms with van der Waals surface area (Å²) in [7, 11) is 0. The van der Waals surface area contributed by atoms with Gasteiger partial charge in [0, 0.05) is 12.2 Å². The summed E-state index contributed by atoms with van der Waals surface area (Å²) in [4.78, 5) is 23.5. The summed E-state index contributed by atoms with van der Waals surface area (Å²) in [5.41, 5.74) is 0.963. The summed E-state index contributed by atoms with van der Waals surface area (Å²) in [6.07, 6.45) is 3.46. The van der Waals surface area contributed by atoms with Crippen LogP contribution in [0.5, 0.6) is 0 Å². The van der Waals surface area contributed by atoms with Gasteiger partial charge in [0.05, 0.1) is 15.9 Å². The zero-order chi connectivity index (χ0) is 13.7. The molecule has 0 radical (unpaired) electrons. The van der Waals surface area contributed by atoms with Crippen LogP contribution in [0.1, 0.15) is 34.8 Å². The van der Waals surface area contributed by atoms with Crippen molar-refractivity contribution >= 4 is 28.5 Å². The highest BCUT2D eigenvalue weighted by Crippen LogP contribution is 2.38. The number of carboxylic acid groups (broad SMARTS) is 1. The fourth-order valence-electron chi connectivity index (χ4n) is 2.41. The number of hydrogen-bond acceptors (Lipinski definition) is 2. The van der Waals surface area contributed by atoms with E-state index < -0.39 is 11.4 Å². The summed E-state index contributed by atoms with van der Waals surface area (Å²) in [5, 5.41) is 9.78. The van der Waals surface area contributed by atoms with Gasteiger partial charge in [0.2, 0.25) is 5.43 Å². The number of benzene rings is 1. The van der Waals surface area contributed by atoms with Crippen molar-refractivity contribution in [2.75, 3.05) is 0 Å². The number of aromatic carboxylic acids is 1. The molecule has 0 unspecified atom stereocenters. The Balaban J connectivity index is 2.53. The third-order valence-corrected chi connectivity index (χ3v) is 3.81. The van der Waals surface area contributed by atoms with E-state index in [-0.39, 0.29) is 11.6 Å². The average Bonchev–Trinajstić information content (AvgIpc) is 3.17. The predicted molar refractivity (Wildman–Crippen MR) is 73.2 cm³/mol. The number of pyridine rings is 1. The van der Waals surface area contributed by atoms with Crippen LogP contribution < -0.4 is 5.43 Å². The Labute approximate surface area is 114 Å². The highest BCUT2D eigenvalue weighted by Gasteiger charge is 2.27. The zero-order valence-corrected chi connectivity index (χ0v) is 11.1. The second-order valence-corrected chi connectivity index (χ2v) is 5.31. The van der Waals surface area contributed by atoms with Gasteiger partial charge in [-0.2, -0.15) is 0 Å². The van der Waals surface area contributed by atoms with E-state index >= 15 is 0 Å². The second kappa shape index (κ2) is 4.10. The van der Waals surface area contributed by atoms with Crippen molar-refractivity contribution in [2.24, 2.45) is 0 Å². The topological polar surface area (TPSA) is 59.3 Å². The highest BCUT2D eigenvalue weighted by molar-refractivity contribution is 6.35. The Kier molecular flexibility index (Phi) is 2.64. The largest absolute Gasteiger partial charge is 0.477 e. The van der Waals surface area contributed by atoms with Crippen LogP contribution in [-0.4, -0.2) is 15.6 Å². The Morgan fingerprint density at radius 3 is 2.68 bits per heavy atom. The normalized spacial score (nSPS) is 14.8. The second-order valence-electron chi connectivity index (χ2n) is 4.90. The molecule has 5 heteroatoms. The predicted octanol–water partition coefficient (Wildman–Crippen LogP) is 3.00. The van der Waals surface area contributed by atoms with Gasteiger partial charge in [0.25, 0.3) is 0 Å². The Morgan fingerprint density at radius 2 is 2.11 bits per heavy atom. The summed E-state index contributed by atoms with van der Waals surface area (Å²) >= 11 is 6.10. The Bertz CT molecular complexity index is 759. The molecule has 0 spiro atoms. The maximum atomic E-state index is 12.3. The van der Waals surface area contributed by atoms with Crippen molar-refractivity contribution in [2.45, 2.75) is 25.8 Å². The molecular weight excluding hydrogens is 266 g/mol. The van der Waals surface area contributed by atoms with Crippen LogP contribution in [0.2, 0.25) is 5.02 Å². The molecule has 19 heavy (non-hydrogen) atoms. The van der Waals surface area contributed by atoms with Crippen LogP contribution in [-0.2, 0) is 0 Å². The SMILES string of the molecule is Cc1ccc(Cl)c2c(=O)c(C(=O)O)cn(C3CC3)c12. The van der Waals surface area contributed by atoms with Gasteiger partial charge in [-0.05, 0) is 31.4 Å². The molecule has 1 aliphatic rings. The minimum absolute atomic E-state index is 0.216. The zero-order valence-electron chi connectivity index (χ0n) is 10.3. The number of carboxylic acids is 1. The van der Waals surface area contributed by atoms with Crippen molar-refractivity contribution in [3.63, 3.8) is 0 Å². The first-order valence-electron chi connectivity index (χ1n) is 6.08. The van der Waals surface area contributed by atoms with Gasteiger partial charge >= 0.3 is 5.97 Å². The van der Waals surface area contributed by atoms with Gasteiger partial charge < -0.3 is 9.67 Å². The molecular formula is C14H12ClNO3. The van der Waals surface area contributed by atoms with Crippen LogP contribution in [0.15, 0.2) is 23.1 Å². The fourth-order valence-corrected chi connectivity index (χ4v) is 2.65. The van der Waals surface area contributed by atoms with Gasteiger partial charge in [0.15, 0.2) is 0 Å². The van der Waals surface area contributed by atoms with Gasteiger partial charge in [0.1, 0.15) is 5.56 Å². The van der Waals surface area contributed by atoms with Crippen LogP contribution in [0.25, 0.3) is 10.9 Å². The molecule has 2 aromatic rings. The number of hydrogen-bond donors (Lipinski definition) is 1. The van der Waals surface area contributed by atoms with Crippen LogP contribution in [0.3, 0.4) is 0 Å². The lowest BCUT2D eigenvalue weighted by Crippen LogP contribution is -2.19. The third kappa shape index (κ3) is 1.83. The van der Waals surface area contributed by atoms with Gasteiger partial charge in [-0.15, -0.1) is 0 Å². The van der Waals surface area contributed by atoms with Gasteiger partial charge in [-0.25, -0.2) is 4.79 Å². The van der Waals surface area contributed by atoms with E-state index in [9.17, 15) is 9.59 Å². The molecule has 1 aliphatic carbocycles. The number of rotatable bonds is 2. The van der Waals surface area contributed by atoms with E-state index in [1.54, 1.807) is 6.07 Å². The summed E-state index contributed by atoms with van der Waals surface area (Å²) in [6.45, 7) is 1.90. The molecule has 0 bridgehead atoms. The quantitative estimate of drug-likeness (QED) is 0.918. The minimum Gasteiger partial charge on any atom is -0.477 e. The number of aromatic nitrogens is 1. The first-order chi connectivity index (χ1) is 9.00. The van der Waals surface area contributed by atoms with E-state index in [1.165, 1.54) is 6.20 Å². The van der Waals surface area contributed by atoms with E-state index in [0.717, 1.165) is 23.9 Å². The van der Waals surface area contributed by atoms with Crippen molar-refractivity contribution in [3.8, 4) is 0 Å². The molecule has 1 saturated carbocycles. The molecule has 1 aromatic carbocycles. The number of carbonyl (C=O) groups is 1. The molecule has 98 valence electrons. The number of aryl methyl sites for hydroxylation is 1. The molecule has 4 nitrogen and oxygen atoms in total. The highest BCUT2D eigenvalue weighted by atomic mass is 35.5. The van der Waals surface area contributed by atoms with Crippen molar-refractivity contribution in [3.05, 3.63) is 44.7 Å². The minimum atomic E-state index is -1.21. The summed E-state index contributed by atoms with van der Waals surface area (Å²) in [6, 6.07) is 3.77. The molecule has 0 atom stereocenters. The summed E-state index contributed by atoms with van der Waals surface area (Å²) in [5.74, 6) is -1.21. The maximum Gasteiger partial charge on any atom is 0.341 e. The summed E-state index contributed by atoms with van der Waals surface area (Å²) < 4.78 is 1.89. The smallest absolute Gasteiger partial charge is 0.341 e. The molecule has 1 N–H and O–H groups in total. The molecule has 3 rings (SSSR count). The van der Waals surface area contributed by atoms with E-state index in [4.69, 9.17) is 16.7 Å². The molecule has 0 amide bonds. The Morgan fingerprint density at radius 1 is 1.42 bits per heavy atom. The average molecular weight is 278 g/mol. The molecule has 0 saturated heterocycles. The maximum absolute atomic E-state index is 12.3. The molecule has 1 fully saturated rings. The van der Waals surface area contributed by atoms with Crippen LogP contribution in [0.4, 0.5) is 0 Å². The van der Waals surface area contributed by atoms with Gasteiger partial charge in [-0.3, -0.25) is 4.79 Å². The van der Waals surface area contributed by atoms with Crippen LogP contribution in [0, 0.1) is 6.92 Å². The lowest BCUT2D eigenvalue weighted by molar-refractivity contribution is 0.0695. The standard InChI is InChI=1S/C14H12ClNO3/c1-7-2-5-10(15)11-12(7)16(8-3-4-8)6-9(13(11)17)14(18)19/h2,5-6,8H,3-4H2,1H3,(H,18,19). The van der Waals surface area contributed by atoms with Crippen molar-refractivity contribution < 1.29 is 9.90 Å². The number of halogens is 1. The Hall–Kier alpha value is -1.81. The lowest BCUT2D eigenvalue weighted by atomic mass is 10.1. The van der Waals surface area contributed by atoms with Crippen LogP contribution >= 0.6 is 11.6 Å². The lowest BCUT2D eigenvalue weighted by Gasteiger charge is -2.14. The van der Waals surface area contributed by atoms with E-state index in [0.29, 0.717) is 10.4 Å². The number of fused-ring (bicyclic) bond motifs is 1. The molecule has 1 heterocycles. The van der Waals surface area contributed by atoms with Gasteiger partial charge in [-0.1, -0.05) is 17.7 Å². The first kappa shape index (κ1) is 12.2. The third-order valence-electron chi connectivity index (χ3n) is 3.50. The van der Waals surface area contributed by atoms with E-state index in [2.05, 4.69) is 0 Å².